The molecule has 2 aromatic rings. The summed E-state index contributed by atoms with van der Waals surface area (Å²) in [5.41, 5.74) is 1.39. The van der Waals surface area contributed by atoms with E-state index in [1.54, 1.807) is 0 Å². The number of hydrogen-bond donors (Lipinski definition) is 1. The highest BCUT2D eigenvalue weighted by atomic mass is 32.2. The predicted octanol–water partition coefficient (Wildman–Crippen LogP) is 3.69. The van der Waals surface area contributed by atoms with Crippen molar-refractivity contribution in [1.29, 1.82) is 0 Å². The quantitative estimate of drug-likeness (QED) is 0.823. The molecule has 20 heavy (non-hydrogen) atoms. The molecule has 1 N–H and O–H groups in total. The second-order valence-corrected chi connectivity index (χ2v) is 5.83. The minimum atomic E-state index is -0.665. The highest BCUT2D eigenvalue weighted by Gasteiger charge is 2.23. The van der Waals surface area contributed by atoms with E-state index >= 15 is 0 Å². The standard InChI is InChI=1S/C15H20N2O2S/c1-4-15(18,5-2)10-20-14-17-16-13(19-14)12-9-7-6-8-11(12)3/h6-9,18H,4-5,10H2,1-3H3. The van der Waals surface area contributed by atoms with E-state index in [9.17, 15) is 5.11 Å². The number of aromatic nitrogens is 2. The number of benzene rings is 1. The van der Waals surface area contributed by atoms with Gasteiger partial charge in [-0.05, 0) is 31.4 Å². The second kappa shape index (κ2) is 6.41. The summed E-state index contributed by atoms with van der Waals surface area (Å²) < 4.78 is 5.66. The van der Waals surface area contributed by atoms with E-state index in [1.807, 2.05) is 45.0 Å². The molecule has 1 heterocycles. The van der Waals surface area contributed by atoms with E-state index < -0.39 is 5.60 Å². The zero-order valence-corrected chi connectivity index (χ0v) is 12.9. The normalized spacial score (nSPS) is 11.8. The fourth-order valence-corrected chi connectivity index (χ4v) is 2.88. The third-order valence-electron chi connectivity index (χ3n) is 3.56. The van der Waals surface area contributed by atoms with E-state index in [-0.39, 0.29) is 0 Å². The van der Waals surface area contributed by atoms with E-state index in [0.29, 0.717) is 16.9 Å². The van der Waals surface area contributed by atoms with Gasteiger partial charge >= 0.3 is 0 Å². The van der Waals surface area contributed by atoms with Crippen LogP contribution in [0.2, 0.25) is 0 Å². The maximum Gasteiger partial charge on any atom is 0.276 e. The Morgan fingerprint density at radius 1 is 1.20 bits per heavy atom. The molecule has 4 nitrogen and oxygen atoms in total. The monoisotopic (exact) mass is 292 g/mol. The van der Waals surface area contributed by atoms with Crippen LogP contribution in [0.15, 0.2) is 33.9 Å². The number of aliphatic hydroxyl groups is 1. The van der Waals surface area contributed by atoms with Crippen molar-refractivity contribution in [3.05, 3.63) is 29.8 Å². The van der Waals surface area contributed by atoms with Gasteiger partial charge in [0.2, 0.25) is 5.89 Å². The van der Waals surface area contributed by atoms with Gasteiger partial charge in [-0.15, -0.1) is 10.2 Å². The molecule has 1 aromatic carbocycles. The van der Waals surface area contributed by atoms with Crippen molar-refractivity contribution in [2.75, 3.05) is 5.75 Å². The van der Waals surface area contributed by atoms with Gasteiger partial charge < -0.3 is 9.52 Å². The Labute approximate surface area is 123 Å². The third kappa shape index (κ3) is 3.41. The van der Waals surface area contributed by atoms with Crippen LogP contribution in [0.5, 0.6) is 0 Å². The van der Waals surface area contributed by atoms with Gasteiger partial charge in [-0.2, -0.15) is 0 Å². The lowest BCUT2D eigenvalue weighted by Gasteiger charge is -2.23. The van der Waals surface area contributed by atoms with Crippen LogP contribution in [0.3, 0.4) is 0 Å². The van der Waals surface area contributed by atoms with Gasteiger partial charge in [0.25, 0.3) is 5.22 Å². The number of thioether (sulfide) groups is 1. The molecule has 0 saturated carbocycles. The van der Waals surface area contributed by atoms with Crippen molar-refractivity contribution < 1.29 is 9.52 Å². The van der Waals surface area contributed by atoms with Crippen LogP contribution in [-0.2, 0) is 0 Å². The molecular weight excluding hydrogens is 272 g/mol. The largest absolute Gasteiger partial charge is 0.411 e. The molecule has 0 aliphatic carbocycles. The zero-order valence-electron chi connectivity index (χ0n) is 12.1. The molecule has 5 heteroatoms. The summed E-state index contributed by atoms with van der Waals surface area (Å²) in [6, 6.07) is 7.91. The van der Waals surface area contributed by atoms with E-state index in [0.717, 1.165) is 24.0 Å². The summed E-state index contributed by atoms with van der Waals surface area (Å²) in [4.78, 5) is 0. The minimum Gasteiger partial charge on any atom is -0.411 e. The van der Waals surface area contributed by atoms with Crippen molar-refractivity contribution in [1.82, 2.24) is 10.2 Å². The fourth-order valence-electron chi connectivity index (χ4n) is 1.84. The molecule has 0 aliphatic heterocycles. The molecule has 108 valence electrons. The summed E-state index contributed by atoms with van der Waals surface area (Å²) in [5.74, 6) is 1.09. The van der Waals surface area contributed by atoms with E-state index in [4.69, 9.17) is 4.42 Å². The maximum atomic E-state index is 10.2. The zero-order chi connectivity index (χ0) is 14.6. The number of rotatable bonds is 6. The number of nitrogens with zero attached hydrogens (tertiary/aromatic N) is 2. The summed E-state index contributed by atoms with van der Waals surface area (Å²) in [5, 5.41) is 18.9. The lowest BCUT2D eigenvalue weighted by atomic mass is 10.0. The Kier molecular flexibility index (Phi) is 4.83. The summed E-state index contributed by atoms with van der Waals surface area (Å²) >= 11 is 1.41. The predicted molar refractivity (Wildman–Crippen MR) is 80.7 cm³/mol. The van der Waals surface area contributed by atoms with Crippen LogP contribution in [0.1, 0.15) is 32.3 Å². The van der Waals surface area contributed by atoms with Crippen LogP contribution in [0.4, 0.5) is 0 Å². The van der Waals surface area contributed by atoms with Gasteiger partial charge in [0.05, 0.1) is 5.60 Å². The Bertz CT molecular complexity index is 565. The van der Waals surface area contributed by atoms with E-state index in [2.05, 4.69) is 10.2 Å². The average Bonchev–Trinajstić information content (AvgIpc) is 2.94. The van der Waals surface area contributed by atoms with Crippen LogP contribution in [0, 0.1) is 6.92 Å². The van der Waals surface area contributed by atoms with Gasteiger partial charge in [0.15, 0.2) is 0 Å². The average molecular weight is 292 g/mol. The van der Waals surface area contributed by atoms with Crippen molar-refractivity contribution in [2.45, 2.75) is 44.4 Å². The molecule has 0 bridgehead atoms. The molecule has 1 aromatic heterocycles. The first kappa shape index (κ1) is 15.1. The molecule has 0 atom stereocenters. The van der Waals surface area contributed by atoms with Gasteiger partial charge in [-0.1, -0.05) is 43.8 Å². The summed E-state index contributed by atoms with van der Waals surface area (Å²) in [6.07, 6.45) is 1.44. The fraction of sp³-hybridized carbons (Fsp3) is 0.467. The molecule has 0 fully saturated rings. The lowest BCUT2D eigenvalue weighted by Crippen LogP contribution is -2.29. The SMILES string of the molecule is CCC(O)(CC)CSc1nnc(-c2ccccc2C)o1. The molecule has 0 unspecified atom stereocenters. The molecule has 0 spiro atoms. The highest BCUT2D eigenvalue weighted by Crippen LogP contribution is 2.29. The first-order valence-corrected chi connectivity index (χ1v) is 7.81. The molecule has 2 rings (SSSR count). The Morgan fingerprint density at radius 2 is 1.90 bits per heavy atom. The van der Waals surface area contributed by atoms with E-state index in [1.165, 1.54) is 11.8 Å². The van der Waals surface area contributed by atoms with Gasteiger partial charge in [0.1, 0.15) is 0 Å². The third-order valence-corrected chi connectivity index (χ3v) is 4.66. The molecule has 0 radical (unpaired) electrons. The van der Waals surface area contributed by atoms with Crippen molar-refractivity contribution >= 4 is 11.8 Å². The molecule has 0 aliphatic rings. The van der Waals surface area contributed by atoms with Crippen LogP contribution >= 0.6 is 11.8 Å². The lowest BCUT2D eigenvalue weighted by molar-refractivity contribution is 0.0570. The Balaban J connectivity index is 2.09. The first-order valence-electron chi connectivity index (χ1n) is 6.82. The molecule has 0 amide bonds. The summed E-state index contributed by atoms with van der Waals surface area (Å²) in [6.45, 7) is 5.98. The molecular formula is C15H20N2O2S. The minimum absolute atomic E-state index is 0.503. The highest BCUT2D eigenvalue weighted by molar-refractivity contribution is 7.99. The van der Waals surface area contributed by atoms with Crippen molar-refractivity contribution in [2.24, 2.45) is 0 Å². The van der Waals surface area contributed by atoms with Crippen molar-refractivity contribution in [3.63, 3.8) is 0 Å². The van der Waals surface area contributed by atoms with Gasteiger partial charge in [0, 0.05) is 11.3 Å². The molecule has 0 saturated heterocycles. The van der Waals surface area contributed by atoms with Crippen LogP contribution in [0.25, 0.3) is 11.5 Å². The summed E-state index contributed by atoms with van der Waals surface area (Å²) in [7, 11) is 0. The Morgan fingerprint density at radius 3 is 2.55 bits per heavy atom. The van der Waals surface area contributed by atoms with Gasteiger partial charge in [-0.25, -0.2) is 0 Å². The maximum absolute atomic E-state index is 10.2. The second-order valence-electron chi connectivity index (χ2n) is 4.91. The smallest absolute Gasteiger partial charge is 0.276 e. The number of hydrogen-bond acceptors (Lipinski definition) is 5. The van der Waals surface area contributed by atoms with Crippen LogP contribution < -0.4 is 0 Å². The topological polar surface area (TPSA) is 59.2 Å². The first-order chi connectivity index (χ1) is 9.58. The van der Waals surface area contributed by atoms with Gasteiger partial charge in [-0.3, -0.25) is 0 Å². The number of aryl methyl sites for hydroxylation is 1. The van der Waals surface area contributed by atoms with Crippen molar-refractivity contribution in [3.8, 4) is 11.5 Å². The Hall–Kier alpha value is -1.33. The van der Waals surface area contributed by atoms with Crippen LogP contribution in [-0.4, -0.2) is 26.7 Å².